The van der Waals surface area contributed by atoms with Crippen LogP contribution in [0.15, 0.2) is 47.2 Å². The van der Waals surface area contributed by atoms with E-state index in [-0.39, 0.29) is 16.8 Å². The molecular weight excluding hydrogens is 394 g/mol. The van der Waals surface area contributed by atoms with Crippen LogP contribution in [0.5, 0.6) is 0 Å². The number of nitrogens with zero attached hydrogens (tertiary/aromatic N) is 1. The highest BCUT2D eigenvalue weighted by atomic mass is 16.5. The summed E-state index contributed by atoms with van der Waals surface area (Å²) in [6, 6.07) is 5.67. The Morgan fingerprint density at radius 1 is 0.800 bits per heavy atom. The van der Waals surface area contributed by atoms with Gasteiger partial charge in [-0.1, -0.05) is 24.3 Å². The molecule has 1 aromatic carbocycles. The van der Waals surface area contributed by atoms with Gasteiger partial charge in [-0.25, -0.2) is 19.2 Å². The molecule has 2 aliphatic rings. The Bertz CT molecular complexity index is 1030. The van der Waals surface area contributed by atoms with Crippen molar-refractivity contribution >= 4 is 35.7 Å². The number of ether oxygens (including phenoxy) is 4. The van der Waals surface area contributed by atoms with E-state index in [1.165, 1.54) is 11.1 Å². The van der Waals surface area contributed by atoms with Crippen molar-refractivity contribution in [3.63, 3.8) is 0 Å². The lowest BCUT2D eigenvalue weighted by Gasteiger charge is -2.39. The van der Waals surface area contributed by atoms with E-state index < -0.39 is 35.5 Å². The summed E-state index contributed by atoms with van der Waals surface area (Å²) < 4.78 is 19.4. The number of methoxy groups -OCH3 is 4. The smallest absolute Gasteiger partial charge is 0.340 e. The second-order valence-electron chi connectivity index (χ2n) is 6.22. The average molecular weight is 413 g/mol. The van der Waals surface area contributed by atoms with E-state index in [0.29, 0.717) is 5.56 Å². The van der Waals surface area contributed by atoms with Crippen molar-refractivity contribution in [1.29, 1.82) is 0 Å². The summed E-state index contributed by atoms with van der Waals surface area (Å²) >= 11 is 0. The normalized spacial score (nSPS) is 17.1. The highest BCUT2D eigenvalue weighted by Gasteiger charge is 2.48. The molecule has 0 saturated carbocycles. The minimum Gasteiger partial charge on any atom is -0.467 e. The Labute approximate surface area is 172 Å². The number of fused-ring (bicyclic) bond motifs is 3. The molecule has 9 heteroatoms. The zero-order valence-electron chi connectivity index (χ0n) is 16.8. The summed E-state index contributed by atoms with van der Waals surface area (Å²) in [5.41, 5.74) is 0.483. The van der Waals surface area contributed by atoms with Crippen molar-refractivity contribution < 1.29 is 38.1 Å². The van der Waals surface area contributed by atoms with Crippen molar-refractivity contribution in [3.05, 3.63) is 58.3 Å². The molecule has 0 N–H and O–H groups in total. The molecular formula is C21H19NO8. The van der Waals surface area contributed by atoms with Crippen LogP contribution in [0, 0.1) is 0 Å². The molecule has 3 rings (SSSR count). The molecule has 0 aromatic heterocycles. The van der Waals surface area contributed by atoms with Gasteiger partial charge in [0, 0.05) is 11.8 Å². The van der Waals surface area contributed by atoms with Crippen LogP contribution in [0.2, 0.25) is 0 Å². The molecule has 2 aliphatic heterocycles. The molecule has 0 amide bonds. The third-order valence-electron chi connectivity index (χ3n) is 4.81. The third kappa shape index (κ3) is 3.14. The molecule has 9 nitrogen and oxygen atoms in total. The fourth-order valence-electron chi connectivity index (χ4n) is 3.52. The minimum atomic E-state index is -1.38. The maximum absolute atomic E-state index is 12.8. The molecule has 1 aromatic rings. The third-order valence-corrected chi connectivity index (χ3v) is 4.81. The summed E-state index contributed by atoms with van der Waals surface area (Å²) in [7, 11) is 4.48. The van der Waals surface area contributed by atoms with Gasteiger partial charge in [-0.05, 0) is 11.6 Å². The van der Waals surface area contributed by atoms with Crippen LogP contribution >= 0.6 is 0 Å². The number of esters is 4. The van der Waals surface area contributed by atoms with Crippen LogP contribution < -0.4 is 0 Å². The summed E-state index contributed by atoms with van der Waals surface area (Å²) in [5, 5.41) is 0. The van der Waals surface area contributed by atoms with E-state index >= 15 is 0 Å². The van der Waals surface area contributed by atoms with Crippen LogP contribution in [-0.2, 0) is 38.1 Å². The lowest BCUT2D eigenvalue weighted by molar-refractivity contribution is -0.148. The highest BCUT2D eigenvalue weighted by molar-refractivity contribution is 6.19. The second kappa shape index (κ2) is 8.24. The lowest BCUT2D eigenvalue weighted by atomic mass is 9.83. The number of benzene rings is 1. The average Bonchev–Trinajstić information content (AvgIpc) is 2.79. The van der Waals surface area contributed by atoms with E-state index in [1.54, 1.807) is 30.3 Å². The predicted molar refractivity (Wildman–Crippen MR) is 103 cm³/mol. The fourth-order valence-corrected chi connectivity index (χ4v) is 3.52. The van der Waals surface area contributed by atoms with E-state index in [4.69, 9.17) is 18.9 Å². The Kier molecular flexibility index (Phi) is 5.72. The van der Waals surface area contributed by atoms with Gasteiger partial charge in [-0.3, -0.25) is 0 Å². The van der Waals surface area contributed by atoms with Crippen LogP contribution in [-0.4, -0.2) is 63.3 Å². The van der Waals surface area contributed by atoms with Gasteiger partial charge in [0.1, 0.15) is 0 Å². The van der Waals surface area contributed by atoms with Gasteiger partial charge in [-0.2, -0.15) is 0 Å². The number of hydrogen-bond acceptors (Lipinski definition) is 9. The number of carbonyl (C=O) groups excluding carboxylic acids is 4. The fraction of sp³-hybridized carbons (Fsp3) is 0.238. The molecule has 30 heavy (non-hydrogen) atoms. The predicted octanol–water partition coefficient (Wildman–Crippen LogP) is 1.05. The Morgan fingerprint density at radius 2 is 1.40 bits per heavy atom. The summed E-state index contributed by atoms with van der Waals surface area (Å²) in [6.07, 6.45) is 3.24. The van der Waals surface area contributed by atoms with E-state index in [1.807, 2.05) is 0 Å². The van der Waals surface area contributed by atoms with E-state index in [2.05, 4.69) is 0 Å². The van der Waals surface area contributed by atoms with Crippen molar-refractivity contribution in [2.24, 2.45) is 0 Å². The monoisotopic (exact) mass is 413 g/mol. The van der Waals surface area contributed by atoms with Gasteiger partial charge in [0.25, 0.3) is 0 Å². The SMILES string of the molecule is COC(=O)C1=C(C(=O)OC)[C@H](C(=O)OC)N2C=Cc3ccccc3C2=C1C(=O)OC. The Morgan fingerprint density at radius 3 is 2.00 bits per heavy atom. The first-order valence-corrected chi connectivity index (χ1v) is 8.78. The maximum atomic E-state index is 12.8. The zero-order chi connectivity index (χ0) is 22.0. The Balaban J connectivity index is 2.50. The van der Waals surface area contributed by atoms with Gasteiger partial charge in [-0.15, -0.1) is 0 Å². The summed E-state index contributed by atoms with van der Waals surface area (Å²) in [6.45, 7) is 0. The molecule has 0 spiro atoms. The van der Waals surface area contributed by atoms with Crippen LogP contribution in [0.1, 0.15) is 11.1 Å². The molecule has 0 unspecified atom stereocenters. The topological polar surface area (TPSA) is 108 Å². The summed E-state index contributed by atoms with van der Waals surface area (Å²) in [4.78, 5) is 52.4. The molecule has 1 atom stereocenters. The first-order chi connectivity index (χ1) is 14.4. The molecule has 0 bridgehead atoms. The zero-order valence-corrected chi connectivity index (χ0v) is 16.8. The molecule has 0 fully saturated rings. The van der Waals surface area contributed by atoms with Gasteiger partial charge in [0.2, 0.25) is 0 Å². The number of rotatable bonds is 4. The first-order valence-electron chi connectivity index (χ1n) is 8.78. The highest BCUT2D eigenvalue weighted by Crippen LogP contribution is 2.43. The maximum Gasteiger partial charge on any atom is 0.340 e. The van der Waals surface area contributed by atoms with E-state index in [0.717, 1.165) is 34.0 Å². The molecule has 0 saturated heterocycles. The van der Waals surface area contributed by atoms with Gasteiger partial charge < -0.3 is 23.8 Å². The van der Waals surface area contributed by atoms with E-state index in [9.17, 15) is 19.2 Å². The van der Waals surface area contributed by atoms with Crippen LogP contribution in [0.4, 0.5) is 0 Å². The minimum absolute atomic E-state index is 0.211. The van der Waals surface area contributed by atoms with Crippen molar-refractivity contribution in [1.82, 2.24) is 4.90 Å². The van der Waals surface area contributed by atoms with Gasteiger partial charge in [0.15, 0.2) is 6.04 Å². The van der Waals surface area contributed by atoms with Gasteiger partial charge in [0.05, 0.1) is 50.9 Å². The quantitative estimate of drug-likeness (QED) is 0.529. The van der Waals surface area contributed by atoms with Crippen molar-refractivity contribution in [3.8, 4) is 0 Å². The number of carbonyl (C=O) groups is 4. The van der Waals surface area contributed by atoms with Crippen molar-refractivity contribution in [2.45, 2.75) is 6.04 Å². The largest absolute Gasteiger partial charge is 0.467 e. The Hall–Kier alpha value is -3.88. The second-order valence-corrected chi connectivity index (χ2v) is 6.22. The molecule has 0 radical (unpaired) electrons. The lowest BCUT2D eigenvalue weighted by Crippen LogP contribution is -2.47. The van der Waals surface area contributed by atoms with Crippen LogP contribution in [0.3, 0.4) is 0 Å². The van der Waals surface area contributed by atoms with Gasteiger partial charge >= 0.3 is 23.9 Å². The first kappa shape index (κ1) is 20.8. The number of hydrogen-bond donors (Lipinski definition) is 0. The molecule has 0 aliphatic carbocycles. The molecule has 2 heterocycles. The summed E-state index contributed by atoms with van der Waals surface area (Å²) in [5.74, 6) is -3.70. The standard InChI is InChI=1S/C21H19NO8/c1-27-18(23)13-14(19(24)28-2)16-12-8-6-5-7-11(12)9-10-22(16)17(21(26)30-4)15(13)20(25)29-3/h5-10,17H,1-4H3/t17-/m1/s1. The molecule has 156 valence electrons. The van der Waals surface area contributed by atoms with Crippen LogP contribution in [0.25, 0.3) is 11.8 Å². The van der Waals surface area contributed by atoms with Crippen molar-refractivity contribution in [2.75, 3.05) is 28.4 Å².